The molecule has 36 heavy (non-hydrogen) atoms. The van der Waals surface area contributed by atoms with E-state index < -0.39 is 28.8 Å². The van der Waals surface area contributed by atoms with E-state index in [0.29, 0.717) is 28.7 Å². The normalized spacial score (nSPS) is 17.0. The van der Waals surface area contributed by atoms with Gasteiger partial charge in [0.05, 0.1) is 12.1 Å². The van der Waals surface area contributed by atoms with E-state index in [2.05, 4.69) is 0 Å². The smallest absolute Gasteiger partial charge is 0.332 e. The van der Waals surface area contributed by atoms with Crippen LogP contribution in [-0.2, 0) is 34.3 Å². The minimum atomic E-state index is -4.47. The van der Waals surface area contributed by atoms with Crippen molar-refractivity contribution >= 4 is 11.8 Å². The van der Waals surface area contributed by atoms with Gasteiger partial charge < -0.3 is 9.80 Å². The monoisotopic (exact) mass is 500 g/mol. The quantitative estimate of drug-likeness (QED) is 0.471. The van der Waals surface area contributed by atoms with E-state index in [1.807, 2.05) is 0 Å². The highest BCUT2D eigenvalue weighted by Gasteiger charge is 2.50. The van der Waals surface area contributed by atoms with Gasteiger partial charge in [0, 0.05) is 19.6 Å². The molecule has 2 aliphatic heterocycles. The number of nitrogens with zero attached hydrogens (tertiary/aromatic N) is 2. The van der Waals surface area contributed by atoms with Crippen LogP contribution in [0.3, 0.4) is 0 Å². The third-order valence-corrected chi connectivity index (χ3v) is 7.02. The lowest BCUT2D eigenvalue weighted by Crippen LogP contribution is -2.43. The number of benzene rings is 3. The first kappa shape index (κ1) is 24.0. The minimum absolute atomic E-state index is 0.0290. The van der Waals surface area contributed by atoms with Crippen molar-refractivity contribution in [2.45, 2.75) is 31.1 Å². The summed E-state index contributed by atoms with van der Waals surface area (Å²) in [5.74, 6) is -1.69. The molecule has 2 amide bonds. The summed E-state index contributed by atoms with van der Waals surface area (Å²) in [4.78, 5) is 29.7. The Hall–Kier alpha value is -3.75. The van der Waals surface area contributed by atoms with Gasteiger partial charge in [0.1, 0.15) is 17.0 Å². The fourth-order valence-electron chi connectivity index (χ4n) is 5.11. The van der Waals surface area contributed by atoms with Gasteiger partial charge in [-0.25, -0.2) is 8.78 Å². The van der Waals surface area contributed by atoms with E-state index in [4.69, 9.17) is 0 Å². The van der Waals surface area contributed by atoms with Crippen LogP contribution in [-0.4, -0.2) is 34.7 Å². The maximum atomic E-state index is 13.8. The summed E-state index contributed by atoms with van der Waals surface area (Å²) in [6, 6.07) is 14.5. The Morgan fingerprint density at radius 3 is 1.94 bits per heavy atom. The maximum absolute atomic E-state index is 13.8. The van der Waals surface area contributed by atoms with Crippen molar-refractivity contribution in [2.24, 2.45) is 0 Å². The van der Waals surface area contributed by atoms with Gasteiger partial charge in [0.15, 0.2) is 0 Å². The number of hydrogen-bond donors (Lipinski definition) is 0. The summed E-state index contributed by atoms with van der Waals surface area (Å²) in [6.45, 7) is 0.179. The fourth-order valence-corrected chi connectivity index (χ4v) is 5.11. The van der Waals surface area contributed by atoms with E-state index in [-0.39, 0.29) is 38.0 Å². The second kappa shape index (κ2) is 8.72. The Balaban J connectivity index is 1.37. The molecule has 3 aromatic rings. The van der Waals surface area contributed by atoms with E-state index in [1.54, 1.807) is 0 Å². The van der Waals surface area contributed by atoms with Crippen molar-refractivity contribution in [1.29, 1.82) is 0 Å². The molecule has 4 nitrogen and oxygen atoms in total. The lowest BCUT2D eigenvalue weighted by Gasteiger charge is -2.29. The lowest BCUT2D eigenvalue weighted by molar-refractivity contribution is -0.140. The summed E-state index contributed by atoms with van der Waals surface area (Å²) >= 11 is 0. The predicted molar refractivity (Wildman–Crippen MR) is 120 cm³/mol. The van der Waals surface area contributed by atoms with E-state index >= 15 is 0 Å². The molecule has 2 aliphatic rings. The van der Waals surface area contributed by atoms with Crippen LogP contribution in [0.1, 0.15) is 34.2 Å². The highest BCUT2D eigenvalue weighted by Crippen LogP contribution is 2.42. The van der Waals surface area contributed by atoms with Crippen molar-refractivity contribution in [3.05, 3.63) is 106 Å². The van der Waals surface area contributed by atoms with Crippen LogP contribution in [0.2, 0.25) is 0 Å². The van der Waals surface area contributed by atoms with Crippen LogP contribution in [0.15, 0.2) is 66.7 Å². The average molecular weight is 500 g/mol. The molecule has 0 radical (unpaired) electrons. The maximum Gasteiger partial charge on any atom is 0.416 e. The van der Waals surface area contributed by atoms with Gasteiger partial charge in [0.2, 0.25) is 11.8 Å². The zero-order valence-electron chi connectivity index (χ0n) is 19.0. The van der Waals surface area contributed by atoms with E-state index in [1.165, 1.54) is 64.4 Å². The number of carbonyl (C=O) groups is 2. The number of halogens is 5. The summed E-state index contributed by atoms with van der Waals surface area (Å²) < 4.78 is 66.4. The first-order valence-electron chi connectivity index (χ1n) is 11.4. The van der Waals surface area contributed by atoms with Crippen LogP contribution in [0.5, 0.6) is 0 Å². The van der Waals surface area contributed by atoms with Gasteiger partial charge in [-0.15, -0.1) is 0 Å². The zero-order valence-corrected chi connectivity index (χ0v) is 19.0. The molecule has 0 spiro atoms. The second-order valence-electron chi connectivity index (χ2n) is 9.13. The highest BCUT2D eigenvalue weighted by molar-refractivity contribution is 5.96. The molecule has 0 atom stereocenters. The van der Waals surface area contributed by atoms with Crippen LogP contribution in [0.25, 0.3) is 0 Å². The van der Waals surface area contributed by atoms with Gasteiger partial charge in [-0.2, -0.15) is 13.2 Å². The Bertz CT molecular complexity index is 1270. The number of likely N-dealkylation sites (tertiary alicyclic amines) is 1. The third kappa shape index (κ3) is 4.12. The SMILES string of the molecule is O=C(CN1CCC(c2ccc(F)cc2)(c2ccc(F)cc2)C1=O)N1Cc2ccc(C(F)(F)F)cc2C1. The third-order valence-electron chi connectivity index (χ3n) is 7.02. The Morgan fingerprint density at radius 1 is 0.833 bits per heavy atom. The molecular formula is C27H21F5N2O2. The zero-order chi connectivity index (χ0) is 25.7. The molecule has 9 heteroatoms. The largest absolute Gasteiger partial charge is 0.416 e. The van der Waals surface area contributed by atoms with Crippen molar-refractivity contribution in [3.8, 4) is 0 Å². The van der Waals surface area contributed by atoms with Crippen LogP contribution >= 0.6 is 0 Å². The number of rotatable bonds is 4. The second-order valence-corrected chi connectivity index (χ2v) is 9.13. The molecule has 186 valence electrons. The molecule has 3 aromatic carbocycles. The molecule has 0 saturated carbocycles. The van der Waals surface area contributed by atoms with Gasteiger partial charge in [0.25, 0.3) is 0 Å². The molecule has 5 rings (SSSR count). The molecular weight excluding hydrogens is 479 g/mol. The molecule has 0 N–H and O–H groups in total. The molecule has 0 bridgehead atoms. The summed E-state index contributed by atoms with van der Waals surface area (Å²) in [5.41, 5.74) is 0.145. The summed E-state index contributed by atoms with van der Waals surface area (Å²) in [6.07, 6.45) is -4.18. The number of fused-ring (bicyclic) bond motifs is 1. The van der Waals surface area contributed by atoms with Crippen LogP contribution in [0, 0.1) is 11.6 Å². The van der Waals surface area contributed by atoms with Gasteiger partial charge in [-0.1, -0.05) is 30.3 Å². The number of amides is 2. The predicted octanol–water partition coefficient (Wildman–Crippen LogP) is 5.04. The van der Waals surface area contributed by atoms with Crippen LogP contribution < -0.4 is 0 Å². The van der Waals surface area contributed by atoms with Gasteiger partial charge in [-0.3, -0.25) is 9.59 Å². The first-order chi connectivity index (χ1) is 17.1. The Kier molecular flexibility index (Phi) is 5.81. The molecule has 1 fully saturated rings. The number of carbonyl (C=O) groups excluding carboxylic acids is 2. The highest BCUT2D eigenvalue weighted by atomic mass is 19.4. The standard InChI is InChI=1S/C27H21F5N2O2/c28-22-7-3-19(4-8-22)26(20-5-9-23(29)10-6-20)11-12-33(25(26)36)16-24(35)34-14-17-1-2-21(27(30,31)32)13-18(17)15-34/h1-10,13H,11-12,14-16H2. The number of alkyl halides is 3. The topological polar surface area (TPSA) is 40.6 Å². The van der Waals surface area contributed by atoms with Crippen LogP contribution in [0.4, 0.5) is 22.0 Å². The minimum Gasteiger partial charge on any atom is -0.332 e. The molecule has 0 aromatic heterocycles. The average Bonchev–Trinajstić information content (AvgIpc) is 3.41. The Labute approximate surface area is 203 Å². The van der Waals surface area contributed by atoms with Crippen molar-refractivity contribution in [2.75, 3.05) is 13.1 Å². The summed E-state index contributed by atoms with van der Waals surface area (Å²) in [5, 5.41) is 0. The van der Waals surface area contributed by atoms with Crippen molar-refractivity contribution in [1.82, 2.24) is 9.80 Å². The molecule has 1 saturated heterocycles. The molecule has 2 heterocycles. The first-order valence-corrected chi connectivity index (χ1v) is 11.4. The van der Waals surface area contributed by atoms with Gasteiger partial charge >= 0.3 is 6.18 Å². The van der Waals surface area contributed by atoms with Crippen molar-refractivity contribution in [3.63, 3.8) is 0 Å². The van der Waals surface area contributed by atoms with E-state index in [9.17, 15) is 31.5 Å². The fraction of sp³-hybridized carbons (Fsp3) is 0.259. The van der Waals surface area contributed by atoms with Gasteiger partial charge in [-0.05, 0) is 65.1 Å². The van der Waals surface area contributed by atoms with Crippen molar-refractivity contribution < 1.29 is 31.5 Å². The summed E-state index contributed by atoms with van der Waals surface area (Å²) in [7, 11) is 0. The molecule has 0 unspecified atom stereocenters. The Morgan fingerprint density at radius 2 is 1.39 bits per heavy atom. The number of hydrogen-bond acceptors (Lipinski definition) is 2. The lowest BCUT2D eigenvalue weighted by atomic mass is 9.73. The van der Waals surface area contributed by atoms with E-state index in [0.717, 1.165) is 12.1 Å². The molecule has 0 aliphatic carbocycles.